The van der Waals surface area contributed by atoms with Gasteiger partial charge in [-0.2, -0.15) is 0 Å². The van der Waals surface area contributed by atoms with Crippen LogP contribution in [0.25, 0.3) is 0 Å². The summed E-state index contributed by atoms with van der Waals surface area (Å²) in [5.74, 6) is 0.970. The van der Waals surface area contributed by atoms with Crippen molar-refractivity contribution in [2.75, 3.05) is 7.11 Å². The number of methoxy groups -OCH3 is 1. The Morgan fingerprint density at radius 3 is 2.65 bits per heavy atom. The van der Waals surface area contributed by atoms with Crippen molar-refractivity contribution >= 4 is 0 Å². The molecule has 0 saturated heterocycles. The number of hydrogen-bond donors (Lipinski definition) is 1. The predicted molar refractivity (Wildman–Crippen MR) is 73.6 cm³/mol. The lowest BCUT2D eigenvalue weighted by atomic mass is 10.0. The molecule has 0 spiro atoms. The molecule has 0 radical (unpaired) electrons. The van der Waals surface area contributed by atoms with Gasteiger partial charge in [0.2, 0.25) is 0 Å². The molecular formula is C15H23NO. The Bertz CT molecular complexity index is 349. The third-order valence-corrected chi connectivity index (χ3v) is 2.81. The first-order chi connectivity index (χ1) is 8.17. The second kappa shape index (κ2) is 7.13. The van der Waals surface area contributed by atoms with Gasteiger partial charge in [0, 0.05) is 12.1 Å². The van der Waals surface area contributed by atoms with Crippen LogP contribution >= 0.6 is 0 Å². The van der Waals surface area contributed by atoms with Crippen LogP contribution in [0, 0.1) is 0 Å². The van der Waals surface area contributed by atoms with Gasteiger partial charge in [-0.05, 0) is 38.3 Å². The third kappa shape index (κ3) is 4.61. The van der Waals surface area contributed by atoms with Gasteiger partial charge >= 0.3 is 0 Å². The minimum Gasteiger partial charge on any atom is -0.496 e. The molecule has 2 unspecified atom stereocenters. The molecular weight excluding hydrogens is 210 g/mol. The van der Waals surface area contributed by atoms with Crippen LogP contribution in [0.5, 0.6) is 5.75 Å². The van der Waals surface area contributed by atoms with Crippen molar-refractivity contribution in [1.82, 2.24) is 5.32 Å². The highest BCUT2D eigenvalue weighted by atomic mass is 16.5. The zero-order chi connectivity index (χ0) is 12.7. The van der Waals surface area contributed by atoms with E-state index in [9.17, 15) is 0 Å². The maximum atomic E-state index is 5.35. The quantitative estimate of drug-likeness (QED) is 0.730. The first-order valence-corrected chi connectivity index (χ1v) is 6.16. The van der Waals surface area contributed by atoms with Gasteiger partial charge in [-0.15, -0.1) is 6.58 Å². The van der Waals surface area contributed by atoms with Crippen LogP contribution < -0.4 is 10.1 Å². The number of rotatable bonds is 7. The van der Waals surface area contributed by atoms with Gasteiger partial charge in [-0.1, -0.05) is 24.3 Å². The average molecular weight is 233 g/mol. The van der Waals surface area contributed by atoms with Gasteiger partial charge in [-0.3, -0.25) is 0 Å². The Hall–Kier alpha value is -1.28. The van der Waals surface area contributed by atoms with Crippen molar-refractivity contribution in [1.29, 1.82) is 0 Å². The second-order valence-corrected chi connectivity index (χ2v) is 4.51. The van der Waals surface area contributed by atoms with Crippen molar-refractivity contribution < 1.29 is 4.74 Å². The van der Waals surface area contributed by atoms with Crippen molar-refractivity contribution in [3.8, 4) is 5.75 Å². The molecule has 1 N–H and O–H groups in total. The van der Waals surface area contributed by atoms with Crippen LogP contribution in [0.2, 0.25) is 0 Å². The summed E-state index contributed by atoms with van der Waals surface area (Å²) in [4.78, 5) is 0. The van der Waals surface area contributed by atoms with Crippen LogP contribution in [-0.2, 0) is 6.42 Å². The molecule has 0 aliphatic carbocycles. The van der Waals surface area contributed by atoms with Crippen molar-refractivity contribution in [3.05, 3.63) is 42.5 Å². The van der Waals surface area contributed by atoms with E-state index in [1.54, 1.807) is 7.11 Å². The minimum absolute atomic E-state index is 0.432. The van der Waals surface area contributed by atoms with E-state index >= 15 is 0 Å². The highest BCUT2D eigenvalue weighted by Gasteiger charge is 2.09. The molecule has 1 aromatic carbocycles. The fourth-order valence-electron chi connectivity index (χ4n) is 2.06. The lowest BCUT2D eigenvalue weighted by Crippen LogP contribution is -2.35. The summed E-state index contributed by atoms with van der Waals surface area (Å²) in [5.41, 5.74) is 1.25. The summed E-state index contributed by atoms with van der Waals surface area (Å²) in [7, 11) is 1.72. The molecule has 17 heavy (non-hydrogen) atoms. The largest absolute Gasteiger partial charge is 0.496 e. The fourth-order valence-corrected chi connectivity index (χ4v) is 2.06. The summed E-state index contributed by atoms with van der Waals surface area (Å²) in [5, 5.41) is 3.55. The summed E-state index contributed by atoms with van der Waals surface area (Å²) in [6, 6.07) is 9.08. The molecule has 0 amide bonds. The van der Waals surface area contributed by atoms with Crippen LogP contribution in [0.1, 0.15) is 25.8 Å². The molecule has 0 aromatic heterocycles. The maximum absolute atomic E-state index is 5.35. The lowest BCUT2D eigenvalue weighted by molar-refractivity contribution is 0.402. The van der Waals surface area contributed by atoms with E-state index in [-0.39, 0.29) is 0 Å². The van der Waals surface area contributed by atoms with E-state index in [0.717, 1.165) is 18.6 Å². The molecule has 0 aliphatic rings. The van der Waals surface area contributed by atoms with Gasteiger partial charge in [-0.25, -0.2) is 0 Å². The van der Waals surface area contributed by atoms with E-state index in [1.807, 2.05) is 18.2 Å². The maximum Gasteiger partial charge on any atom is 0.122 e. The van der Waals surface area contributed by atoms with Crippen LogP contribution in [0.15, 0.2) is 36.9 Å². The topological polar surface area (TPSA) is 21.3 Å². The van der Waals surface area contributed by atoms with E-state index in [1.165, 1.54) is 5.56 Å². The molecule has 2 atom stereocenters. The van der Waals surface area contributed by atoms with Gasteiger partial charge in [0.1, 0.15) is 5.75 Å². The zero-order valence-corrected chi connectivity index (χ0v) is 11.1. The van der Waals surface area contributed by atoms with Gasteiger partial charge in [0.05, 0.1) is 7.11 Å². The summed E-state index contributed by atoms with van der Waals surface area (Å²) in [6.07, 6.45) is 3.93. The van der Waals surface area contributed by atoms with Crippen molar-refractivity contribution in [2.45, 2.75) is 38.8 Å². The molecule has 1 aromatic rings. The Kier molecular flexibility index (Phi) is 5.78. The van der Waals surface area contributed by atoms with E-state index in [2.05, 4.69) is 37.9 Å². The molecule has 0 saturated carbocycles. The van der Waals surface area contributed by atoms with E-state index in [0.29, 0.717) is 12.1 Å². The molecule has 2 heteroatoms. The molecule has 1 rings (SSSR count). The van der Waals surface area contributed by atoms with Gasteiger partial charge in [0.15, 0.2) is 0 Å². The van der Waals surface area contributed by atoms with E-state index < -0.39 is 0 Å². The van der Waals surface area contributed by atoms with Crippen LogP contribution in [-0.4, -0.2) is 19.2 Å². The summed E-state index contributed by atoms with van der Waals surface area (Å²) < 4.78 is 5.35. The monoisotopic (exact) mass is 233 g/mol. The molecule has 0 fully saturated rings. The second-order valence-electron chi connectivity index (χ2n) is 4.51. The first kappa shape index (κ1) is 13.8. The lowest BCUT2D eigenvalue weighted by Gasteiger charge is -2.20. The Labute approximate surface area is 105 Å². The predicted octanol–water partition coefficient (Wildman–Crippen LogP) is 3.18. The van der Waals surface area contributed by atoms with Gasteiger partial charge in [0.25, 0.3) is 0 Å². The summed E-state index contributed by atoms with van der Waals surface area (Å²) in [6.45, 7) is 8.14. The van der Waals surface area contributed by atoms with Gasteiger partial charge < -0.3 is 10.1 Å². The molecule has 94 valence electrons. The zero-order valence-electron chi connectivity index (χ0n) is 11.1. The minimum atomic E-state index is 0.432. The van der Waals surface area contributed by atoms with E-state index in [4.69, 9.17) is 4.74 Å². The highest BCUT2D eigenvalue weighted by Crippen LogP contribution is 2.18. The smallest absolute Gasteiger partial charge is 0.122 e. The highest BCUT2D eigenvalue weighted by molar-refractivity contribution is 5.33. The number of nitrogens with one attached hydrogen (secondary N) is 1. The third-order valence-electron chi connectivity index (χ3n) is 2.81. The number of ether oxygens (including phenoxy) is 1. The Morgan fingerprint density at radius 1 is 1.29 bits per heavy atom. The van der Waals surface area contributed by atoms with Crippen LogP contribution in [0.4, 0.5) is 0 Å². The number of benzene rings is 1. The number of para-hydroxylation sites is 1. The Balaban J connectivity index is 2.55. The van der Waals surface area contributed by atoms with Crippen molar-refractivity contribution in [3.63, 3.8) is 0 Å². The molecule has 0 aliphatic heterocycles. The fraction of sp³-hybridized carbons (Fsp3) is 0.467. The normalized spacial score (nSPS) is 14.1. The summed E-state index contributed by atoms with van der Waals surface area (Å²) >= 11 is 0. The van der Waals surface area contributed by atoms with Crippen LogP contribution in [0.3, 0.4) is 0 Å². The molecule has 0 bridgehead atoms. The first-order valence-electron chi connectivity index (χ1n) is 6.16. The molecule has 0 heterocycles. The SMILES string of the molecule is C=CCC(C)NC(C)Cc1ccccc1OC. The Morgan fingerprint density at radius 2 is 2.00 bits per heavy atom. The molecule has 2 nitrogen and oxygen atoms in total. The number of hydrogen-bond acceptors (Lipinski definition) is 2. The average Bonchev–Trinajstić information content (AvgIpc) is 2.29. The van der Waals surface area contributed by atoms with Crippen molar-refractivity contribution in [2.24, 2.45) is 0 Å². The standard InChI is InChI=1S/C15H23NO/c1-5-8-12(2)16-13(3)11-14-9-6-7-10-15(14)17-4/h5-7,9-10,12-13,16H,1,8,11H2,2-4H3.